The molecule has 0 aliphatic carbocycles. The number of amides is 1. The molecule has 7 heteroatoms. The Hall–Kier alpha value is -3.45. The highest BCUT2D eigenvalue weighted by molar-refractivity contribution is 7.16. The van der Waals surface area contributed by atoms with Crippen molar-refractivity contribution in [2.24, 2.45) is 0 Å². The van der Waals surface area contributed by atoms with Crippen LogP contribution in [-0.4, -0.2) is 22.5 Å². The minimum absolute atomic E-state index is 0.0133. The van der Waals surface area contributed by atoms with Crippen LogP contribution < -0.4 is 15.1 Å². The molecule has 1 amide bonds. The van der Waals surface area contributed by atoms with Gasteiger partial charge in [-0.25, -0.2) is 0 Å². The summed E-state index contributed by atoms with van der Waals surface area (Å²) >= 11 is 1.14. The Balaban J connectivity index is 1.63. The van der Waals surface area contributed by atoms with Gasteiger partial charge >= 0.3 is 4.87 Å². The standard InChI is InChI=1S/C21H18N4O2S/c1-24(17-7-3-2-4-8-17)20(26)14-25-18-12-15(9-10-19(18)28-21(25)27)23-16-6-5-11-22-13-16/h2-13,23H,14H2,1H3. The zero-order valence-electron chi connectivity index (χ0n) is 15.2. The predicted molar refractivity (Wildman–Crippen MR) is 113 cm³/mol. The first-order valence-corrected chi connectivity index (χ1v) is 9.55. The lowest BCUT2D eigenvalue weighted by Crippen LogP contribution is -2.32. The van der Waals surface area contributed by atoms with E-state index in [1.54, 1.807) is 24.3 Å². The number of likely N-dealkylation sites (N-methyl/N-ethyl adjacent to an activating group) is 1. The van der Waals surface area contributed by atoms with Crippen molar-refractivity contribution >= 4 is 44.5 Å². The number of aromatic nitrogens is 2. The molecule has 28 heavy (non-hydrogen) atoms. The van der Waals surface area contributed by atoms with Crippen molar-refractivity contribution in [1.82, 2.24) is 9.55 Å². The number of fused-ring (bicyclic) bond motifs is 1. The molecular formula is C21H18N4O2S. The van der Waals surface area contributed by atoms with Crippen molar-refractivity contribution in [3.8, 4) is 0 Å². The van der Waals surface area contributed by atoms with Crippen LogP contribution in [0.2, 0.25) is 0 Å². The van der Waals surface area contributed by atoms with Crippen LogP contribution in [0.4, 0.5) is 17.1 Å². The summed E-state index contributed by atoms with van der Waals surface area (Å²) < 4.78 is 2.37. The molecule has 0 saturated carbocycles. The zero-order valence-corrected chi connectivity index (χ0v) is 16.0. The molecule has 0 radical (unpaired) electrons. The van der Waals surface area contributed by atoms with Gasteiger partial charge in [0.05, 0.1) is 22.1 Å². The summed E-state index contributed by atoms with van der Waals surface area (Å²) in [6, 6.07) is 18.8. The normalized spacial score (nSPS) is 10.8. The monoisotopic (exact) mass is 390 g/mol. The number of thiazole rings is 1. The van der Waals surface area contributed by atoms with Crippen LogP contribution in [0.5, 0.6) is 0 Å². The molecule has 0 fully saturated rings. The highest BCUT2D eigenvalue weighted by Gasteiger charge is 2.16. The highest BCUT2D eigenvalue weighted by atomic mass is 32.1. The summed E-state index contributed by atoms with van der Waals surface area (Å²) in [6.45, 7) is -0.0133. The van der Waals surface area contributed by atoms with Gasteiger partial charge in [-0.3, -0.25) is 19.1 Å². The van der Waals surface area contributed by atoms with E-state index in [0.717, 1.165) is 38.6 Å². The average Bonchev–Trinajstić information content (AvgIpc) is 3.03. The van der Waals surface area contributed by atoms with Crippen molar-refractivity contribution in [3.05, 3.63) is 82.7 Å². The van der Waals surface area contributed by atoms with Gasteiger partial charge in [-0.1, -0.05) is 29.5 Å². The van der Waals surface area contributed by atoms with E-state index >= 15 is 0 Å². The van der Waals surface area contributed by atoms with Crippen LogP contribution in [-0.2, 0) is 11.3 Å². The van der Waals surface area contributed by atoms with Crippen LogP contribution in [0.3, 0.4) is 0 Å². The number of nitrogens with one attached hydrogen (secondary N) is 1. The summed E-state index contributed by atoms with van der Waals surface area (Å²) in [4.78, 5) is 30.7. The maximum Gasteiger partial charge on any atom is 0.308 e. The molecule has 6 nitrogen and oxygen atoms in total. The summed E-state index contributed by atoms with van der Waals surface area (Å²) in [5, 5.41) is 3.27. The number of benzene rings is 2. The average molecular weight is 390 g/mol. The van der Waals surface area contributed by atoms with Crippen molar-refractivity contribution in [1.29, 1.82) is 0 Å². The SMILES string of the molecule is CN(C(=O)Cn1c(=O)sc2ccc(Nc3cccnc3)cc21)c1ccccc1. The number of rotatable bonds is 5. The molecule has 0 aliphatic rings. The number of pyridine rings is 1. The first-order chi connectivity index (χ1) is 13.6. The molecule has 0 aliphatic heterocycles. The lowest BCUT2D eigenvalue weighted by Gasteiger charge is -2.17. The first kappa shape index (κ1) is 17.9. The Morgan fingerprint density at radius 1 is 1.11 bits per heavy atom. The maximum absolute atomic E-state index is 12.7. The number of nitrogens with zero attached hydrogens (tertiary/aromatic N) is 3. The summed E-state index contributed by atoms with van der Waals surface area (Å²) in [5.74, 6) is -0.154. The van der Waals surface area contributed by atoms with E-state index in [0.29, 0.717) is 0 Å². The second-order valence-corrected chi connectivity index (χ2v) is 7.28. The molecule has 2 heterocycles. The summed E-state index contributed by atoms with van der Waals surface area (Å²) in [7, 11) is 1.71. The Bertz CT molecular complexity index is 1170. The van der Waals surface area contributed by atoms with Crippen molar-refractivity contribution < 1.29 is 4.79 Å². The number of para-hydroxylation sites is 1. The fourth-order valence-corrected chi connectivity index (χ4v) is 3.80. The van der Waals surface area contributed by atoms with E-state index in [2.05, 4.69) is 10.3 Å². The van der Waals surface area contributed by atoms with E-state index < -0.39 is 0 Å². The van der Waals surface area contributed by atoms with Gasteiger partial charge in [-0.2, -0.15) is 0 Å². The largest absolute Gasteiger partial charge is 0.354 e. The van der Waals surface area contributed by atoms with Crippen molar-refractivity contribution in [2.45, 2.75) is 6.54 Å². The molecular weight excluding hydrogens is 372 g/mol. The van der Waals surface area contributed by atoms with Crippen LogP contribution >= 0.6 is 11.3 Å². The lowest BCUT2D eigenvalue weighted by atomic mass is 10.2. The van der Waals surface area contributed by atoms with E-state index in [1.807, 2.05) is 60.7 Å². The van der Waals surface area contributed by atoms with Crippen LogP contribution in [0, 0.1) is 0 Å². The quantitative estimate of drug-likeness (QED) is 0.562. The number of carbonyl (C=O) groups is 1. The van der Waals surface area contributed by atoms with Gasteiger partial charge in [0.15, 0.2) is 0 Å². The number of carbonyl (C=O) groups excluding carboxylic acids is 1. The van der Waals surface area contributed by atoms with Gasteiger partial charge in [0.2, 0.25) is 5.91 Å². The minimum Gasteiger partial charge on any atom is -0.354 e. The molecule has 0 bridgehead atoms. The van der Waals surface area contributed by atoms with Gasteiger partial charge in [-0.05, 0) is 42.5 Å². The Morgan fingerprint density at radius 3 is 2.68 bits per heavy atom. The first-order valence-electron chi connectivity index (χ1n) is 8.74. The van der Waals surface area contributed by atoms with Crippen molar-refractivity contribution in [2.75, 3.05) is 17.3 Å². The molecule has 1 N–H and O–H groups in total. The molecule has 4 aromatic rings. The van der Waals surface area contributed by atoms with Gasteiger partial charge in [0, 0.05) is 24.6 Å². The third kappa shape index (κ3) is 3.65. The predicted octanol–water partition coefficient (Wildman–Crippen LogP) is 3.86. The highest BCUT2D eigenvalue weighted by Crippen LogP contribution is 2.24. The Labute approximate surface area is 165 Å². The topological polar surface area (TPSA) is 67.2 Å². The number of anilines is 3. The number of hydrogen-bond donors (Lipinski definition) is 1. The third-order valence-electron chi connectivity index (χ3n) is 4.43. The second kappa shape index (κ2) is 7.66. The fourth-order valence-electron chi connectivity index (χ4n) is 2.93. The van der Waals surface area contributed by atoms with E-state index in [4.69, 9.17) is 0 Å². The Kier molecular flexibility index (Phi) is 4.90. The van der Waals surface area contributed by atoms with Gasteiger partial charge in [0.25, 0.3) is 0 Å². The molecule has 140 valence electrons. The molecule has 0 unspecified atom stereocenters. The smallest absolute Gasteiger partial charge is 0.308 e. The van der Waals surface area contributed by atoms with E-state index in [-0.39, 0.29) is 17.3 Å². The van der Waals surface area contributed by atoms with E-state index in [9.17, 15) is 9.59 Å². The van der Waals surface area contributed by atoms with Crippen LogP contribution in [0.15, 0.2) is 77.9 Å². The molecule has 0 spiro atoms. The summed E-state index contributed by atoms with van der Waals surface area (Å²) in [6.07, 6.45) is 3.43. The second-order valence-electron chi connectivity index (χ2n) is 6.29. The molecule has 0 saturated heterocycles. The third-order valence-corrected chi connectivity index (χ3v) is 5.39. The van der Waals surface area contributed by atoms with Gasteiger partial charge in [-0.15, -0.1) is 0 Å². The van der Waals surface area contributed by atoms with Crippen molar-refractivity contribution in [3.63, 3.8) is 0 Å². The fraction of sp³-hybridized carbons (Fsp3) is 0.0952. The Morgan fingerprint density at radius 2 is 1.93 bits per heavy atom. The zero-order chi connectivity index (χ0) is 19.5. The number of hydrogen-bond acceptors (Lipinski definition) is 5. The van der Waals surface area contributed by atoms with Crippen LogP contribution in [0.1, 0.15) is 0 Å². The minimum atomic E-state index is -0.154. The van der Waals surface area contributed by atoms with Crippen LogP contribution in [0.25, 0.3) is 10.2 Å². The molecule has 2 aromatic carbocycles. The molecule has 0 atom stereocenters. The van der Waals surface area contributed by atoms with Gasteiger partial charge < -0.3 is 10.2 Å². The van der Waals surface area contributed by atoms with Gasteiger partial charge in [0.1, 0.15) is 6.54 Å². The van der Waals surface area contributed by atoms with E-state index in [1.165, 1.54) is 4.57 Å². The molecule has 4 rings (SSSR count). The lowest BCUT2D eigenvalue weighted by molar-refractivity contribution is -0.118. The molecule has 2 aromatic heterocycles. The maximum atomic E-state index is 12.7. The summed E-state index contributed by atoms with van der Waals surface area (Å²) in [5.41, 5.74) is 3.21.